The highest BCUT2D eigenvalue weighted by molar-refractivity contribution is 5.29. The van der Waals surface area contributed by atoms with E-state index in [2.05, 4.69) is 4.90 Å². The number of halogens is 1. The molecule has 1 aromatic carbocycles. The van der Waals surface area contributed by atoms with Gasteiger partial charge in [-0.15, -0.1) is 0 Å². The van der Waals surface area contributed by atoms with Crippen molar-refractivity contribution in [2.75, 3.05) is 27.2 Å². The number of nitrogens with zero attached hydrogens (tertiary/aromatic N) is 1. The largest absolute Gasteiger partial charge is 0.491 e. The van der Waals surface area contributed by atoms with Crippen LogP contribution in [0.25, 0.3) is 0 Å². The summed E-state index contributed by atoms with van der Waals surface area (Å²) < 4.78 is 18.6. The Morgan fingerprint density at radius 3 is 2.60 bits per heavy atom. The van der Waals surface area contributed by atoms with E-state index >= 15 is 0 Å². The summed E-state index contributed by atoms with van der Waals surface area (Å²) in [7, 11) is 4.01. The molecule has 2 nitrogen and oxygen atoms in total. The topological polar surface area (TPSA) is 12.5 Å². The Hall–Kier alpha value is -1.09. The standard InChI is InChI=1S/C12H18FNO/c1-4-15-12-6-5-10(9-11(12)13)7-8-14(2)3/h5-6,9H,4,7-8H2,1-3H3. The number of ether oxygens (including phenoxy) is 1. The Morgan fingerprint density at radius 1 is 1.33 bits per heavy atom. The third kappa shape index (κ3) is 3.88. The first-order valence-corrected chi connectivity index (χ1v) is 5.19. The van der Waals surface area contributed by atoms with Gasteiger partial charge in [-0.1, -0.05) is 6.07 Å². The molecule has 0 aliphatic heterocycles. The summed E-state index contributed by atoms with van der Waals surface area (Å²) in [5.41, 5.74) is 1.00. The number of likely N-dealkylation sites (N-methyl/N-ethyl adjacent to an activating group) is 1. The predicted octanol–water partition coefficient (Wildman–Crippen LogP) is 2.33. The first kappa shape index (κ1) is 12.0. The number of rotatable bonds is 5. The zero-order chi connectivity index (χ0) is 11.3. The molecular weight excluding hydrogens is 193 g/mol. The summed E-state index contributed by atoms with van der Waals surface area (Å²) in [5.74, 6) is 0.0687. The molecule has 0 heterocycles. The van der Waals surface area contributed by atoms with Gasteiger partial charge in [-0.25, -0.2) is 4.39 Å². The molecule has 0 aromatic heterocycles. The minimum absolute atomic E-state index is 0.270. The molecule has 0 amide bonds. The van der Waals surface area contributed by atoms with Gasteiger partial charge in [0.25, 0.3) is 0 Å². The lowest BCUT2D eigenvalue weighted by Crippen LogP contribution is -2.15. The normalized spacial score (nSPS) is 10.7. The highest BCUT2D eigenvalue weighted by Gasteiger charge is 2.04. The molecular formula is C12H18FNO. The maximum Gasteiger partial charge on any atom is 0.165 e. The zero-order valence-corrected chi connectivity index (χ0v) is 9.59. The molecule has 0 aliphatic carbocycles. The van der Waals surface area contributed by atoms with E-state index in [4.69, 9.17) is 4.74 Å². The quantitative estimate of drug-likeness (QED) is 0.741. The molecule has 0 saturated heterocycles. The van der Waals surface area contributed by atoms with Crippen LogP contribution in [0.2, 0.25) is 0 Å². The minimum Gasteiger partial charge on any atom is -0.491 e. The van der Waals surface area contributed by atoms with Crippen LogP contribution in [0.15, 0.2) is 18.2 Å². The summed E-state index contributed by atoms with van der Waals surface area (Å²) in [5, 5.41) is 0. The van der Waals surface area contributed by atoms with Crippen LogP contribution in [-0.4, -0.2) is 32.1 Å². The Bertz CT molecular complexity index is 312. The molecule has 84 valence electrons. The van der Waals surface area contributed by atoms with E-state index in [9.17, 15) is 4.39 Å². The summed E-state index contributed by atoms with van der Waals surface area (Å²) in [6.45, 7) is 3.26. The van der Waals surface area contributed by atoms with E-state index in [1.807, 2.05) is 27.1 Å². The third-order valence-corrected chi connectivity index (χ3v) is 2.14. The van der Waals surface area contributed by atoms with Crippen molar-refractivity contribution in [2.24, 2.45) is 0 Å². The minimum atomic E-state index is -0.270. The van der Waals surface area contributed by atoms with Crippen molar-refractivity contribution in [3.05, 3.63) is 29.6 Å². The van der Waals surface area contributed by atoms with Crippen molar-refractivity contribution in [3.8, 4) is 5.75 Å². The molecule has 0 N–H and O–H groups in total. The summed E-state index contributed by atoms with van der Waals surface area (Å²) in [6, 6.07) is 5.16. The molecule has 15 heavy (non-hydrogen) atoms. The fourth-order valence-corrected chi connectivity index (χ4v) is 1.33. The molecule has 3 heteroatoms. The van der Waals surface area contributed by atoms with Crippen LogP contribution in [0.1, 0.15) is 12.5 Å². The van der Waals surface area contributed by atoms with Gasteiger partial charge in [-0.05, 0) is 45.1 Å². The van der Waals surface area contributed by atoms with Gasteiger partial charge >= 0.3 is 0 Å². The first-order valence-electron chi connectivity index (χ1n) is 5.19. The number of hydrogen-bond acceptors (Lipinski definition) is 2. The van der Waals surface area contributed by atoms with Crippen molar-refractivity contribution in [1.82, 2.24) is 4.90 Å². The van der Waals surface area contributed by atoms with Crippen LogP contribution in [0.5, 0.6) is 5.75 Å². The Kier molecular flexibility index (Phi) is 4.56. The lowest BCUT2D eigenvalue weighted by atomic mass is 10.1. The fourth-order valence-electron chi connectivity index (χ4n) is 1.33. The lowest BCUT2D eigenvalue weighted by molar-refractivity contribution is 0.321. The Labute approximate surface area is 90.7 Å². The zero-order valence-electron chi connectivity index (χ0n) is 9.59. The summed E-state index contributed by atoms with van der Waals surface area (Å²) in [6.07, 6.45) is 0.857. The van der Waals surface area contributed by atoms with Gasteiger partial charge in [0.15, 0.2) is 11.6 Å². The highest BCUT2D eigenvalue weighted by atomic mass is 19.1. The summed E-state index contributed by atoms with van der Waals surface area (Å²) in [4.78, 5) is 2.08. The molecule has 1 rings (SSSR count). The van der Waals surface area contributed by atoms with Gasteiger partial charge in [-0.3, -0.25) is 0 Å². The van der Waals surface area contributed by atoms with E-state index in [0.29, 0.717) is 12.4 Å². The number of hydrogen-bond donors (Lipinski definition) is 0. The molecule has 0 spiro atoms. The molecule has 0 saturated carbocycles. The molecule has 1 aromatic rings. The maximum absolute atomic E-state index is 13.4. The molecule has 0 radical (unpaired) electrons. The van der Waals surface area contributed by atoms with Crippen LogP contribution < -0.4 is 4.74 Å². The second-order valence-corrected chi connectivity index (χ2v) is 3.75. The second kappa shape index (κ2) is 5.71. The van der Waals surface area contributed by atoms with Gasteiger partial charge < -0.3 is 9.64 Å². The maximum atomic E-state index is 13.4. The van der Waals surface area contributed by atoms with E-state index in [1.165, 1.54) is 0 Å². The van der Waals surface area contributed by atoms with Crippen LogP contribution in [0.3, 0.4) is 0 Å². The van der Waals surface area contributed by atoms with Crippen LogP contribution in [0, 0.1) is 5.82 Å². The van der Waals surface area contributed by atoms with Crippen LogP contribution >= 0.6 is 0 Å². The molecule has 0 bridgehead atoms. The van der Waals surface area contributed by atoms with Gasteiger partial charge in [0.2, 0.25) is 0 Å². The van der Waals surface area contributed by atoms with Crippen molar-refractivity contribution in [3.63, 3.8) is 0 Å². The molecule has 0 atom stereocenters. The van der Waals surface area contributed by atoms with E-state index in [0.717, 1.165) is 18.5 Å². The fraction of sp³-hybridized carbons (Fsp3) is 0.500. The van der Waals surface area contributed by atoms with Crippen LogP contribution in [0.4, 0.5) is 4.39 Å². The van der Waals surface area contributed by atoms with Crippen LogP contribution in [-0.2, 0) is 6.42 Å². The highest BCUT2D eigenvalue weighted by Crippen LogP contribution is 2.18. The van der Waals surface area contributed by atoms with Crippen molar-refractivity contribution >= 4 is 0 Å². The summed E-state index contributed by atoms with van der Waals surface area (Å²) >= 11 is 0. The Morgan fingerprint density at radius 2 is 2.07 bits per heavy atom. The Balaban J connectivity index is 2.64. The molecule has 0 aliphatic rings. The molecule has 0 fully saturated rings. The monoisotopic (exact) mass is 211 g/mol. The van der Waals surface area contributed by atoms with Crippen molar-refractivity contribution in [1.29, 1.82) is 0 Å². The van der Waals surface area contributed by atoms with Crippen molar-refractivity contribution in [2.45, 2.75) is 13.3 Å². The second-order valence-electron chi connectivity index (χ2n) is 3.75. The lowest BCUT2D eigenvalue weighted by Gasteiger charge is -2.10. The SMILES string of the molecule is CCOc1ccc(CCN(C)C)cc1F. The van der Waals surface area contributed by atoms with Gasteiger partial charge in [-0.2, -0.15) is 0 Å². The predicted molar refractivity (Wildman–Crippen MR) is 59.8 cm³/mol. The van der Waals surface area contributed by atoms with E-state index in [1.54, 1.807) is 12.1 Å². The average molecular weight is 211 g/mol. The van der Waals surface area contributed by atoms with E-state index < -0.39 is 0 Å². The van der Waals surface area contributed by atoms with Crippen molar-refractivity contribution < 1.29 is 9.13 Å². The van der Waals surface area contributed by atoms with Gasteiger partial charge in [0.1, 0.15) is 0 Å². The number of benzene rings is 1. The van der Waals surface area contributed by atoms with E-state index in [-0.39, 0.29) is 5.82 Å². The van der Waals surface area contributed by atoms with Gasteiger partial charge in [0.05, 0.1) is 6.61 Å². The van der Waals surface area contributed by atoms with Gasteiger partial charge in [0, 0.05) is 6.54 Å². The average Bonchev–Trinajstić information content (AvgIpc) is 2.19. The molecule has 0 unspecified atom stereocenters. The first-order chi connectivity index (χ1) is 7.13. The smallest absolute Gasteiger partial charge is 0.165 e. The third-order valence-electron chi connectivity index (χ3n) is 2.14.